The second-order valence-corrected chi connectivity index (χ2v) is 6.72. The zero-order valence-electron chi connectivity index (χ0n) is 15.7. The van der Waals surface area contributed by atoms with Crippen LogP contribution in [0.15, 0.2) is 42.7 Å². The van der Waals surface area contributed by atoms with Gasteiger partial charge in [0.1, 0.15) is 0 Å². The van der Waals surface area contributed by atoms with Crippen molar-refractivity contribution < 1.29 is 9.53 Å². The van der Waals surface area contributed by atoms with E-state index in [1.807, 2.05) is 12.1 Å². The number of hydrogen-bond donors (Lipinski definition) is 0. The summed E-state index contributed by atoms with van der Waals surface area (Å²) in [5.74, 6) is 0.0462. The molecule has 5 heteroatoms. The minimum absolute atomic E-state index is 0.183. The quantitative estimate of drug-likeness (QED) is 0.337. The molecule has 0 unspecified atom stereocenters. The Morgan fingerprint density at radius 2 is 1.77 bits per heavy atom. The largest absolute Gasteiger partial charge is 0.426 e. The highest BCUT2D eigenvalue weighted by Crippen LogP contribution is 2.22. The number of benzene rings is 1. The van der Waals surface area contributed by atoms with E-state index in [0.717, 1.165) is 18.7 Å². The highest BCUT2D eigenvalue weighted by atomic mass is 32.1. The maximum atomic E-state index is 12.3. The molecule has 26 heavy (non-hydrogen) atoms. The SMILES string of the molecule is C=CCN1C(=O)/C(=C\c2ccc(N(CCCC)CCCC)cc2)OC1=S. The zero-order valence-corrected chi connectivity index (χ0v) is 16.6. The standard InChI is InChI=1S/C21H28N2O2S/c1-4-7-14-22(15-8-5-2)18-11-9-17(10-12-18)16-19-20(24)23(13-6-3)21(26)25-19/h6,9-12,16H,3-5,7-8,13-15H2,1-2H3/b19-16+. The molecule has 4 nitrogen and oxygen atoms in total. The number of carbonyl (C=O) groups excluding carboxylic acids is 1. The first-order valence-corrected chi connectivity index (χ1v) is 9.72. The van der Waals surface area contributed by atoms with Crippen LogP contribution in [-0.4, -0.2) is 35.6 Å². The summed E-state index contributed by atoms with van der Waals surface area (Å²) in [6.45, 7) is 10.6. The first kappa shape index (κ1) is 20.2. The van der Waals surface area contributed by atoms with Crippen LogP contribution in [-0.2, 0) is 9.53 Å². The molecule has 0 spiro atoms. The Bertz CT molecular complexity index is 659. The van der Waals surface area contributed by atoms with Gasteiger partial charge in [-0.25, -0.2) is 0 Å². The molecule has 1 aromatic carbocycles. The lowest BCUT2D eigenvalue weighted by molar-refractivity contribution is -0.122. The van der Waals surface area contributed by atoms with E-state index in [2.05, 4.69) is 37.5 Å². The molecule has 1 heterocycles. The molecule has 1 aliphatic heterocycles. The average molecular weight is 373 g/mol. The van der Waals surface area contributed by atoms with Crippen LogP contribution in [0, 0.1) is 0 Å². The number of nitrogens with zero attached hydrogens (tertiary/aromatic N) is 2. The number of unbranched alkanes of at least 4 members (excludes halogenated alkanes) is 2. The van der Waals surface area contributed by atoms with Gasteiger partial charge in [-0.15, -0.1) is 6.58 Å². The van der Waals surface area contributed by atoms with E-state index in [1.165, 1.54) is 36.3 Å². The molecule has 0 radical (unpaired) electrons. The van der Waals surface area contributed by atoms with Gasteiger partial charge in [0, 0.05) is 25.3 Å². The monoisotopic (exact) mass is 372 g/mol. The first-order chi connectivity index (χ1) is 12.6. The molecule has 1 aromatic rings. The van der Waals surface area contributed by atoms with Crippen LogP contribution < -0.4 is 4.90 Å². The van der Waals surface area contributed by atoms with Gasteiger partial charge in [-0.05, 0) is 48.8 Å². The summed E-state index contributed by atoms with van der Waals surface area (Å²) in [5, 5.41) is 0.183. The number of anilines is 1. The summed E-state index contributed by atoms with van der Waals surface area (Å²) in [6.07, 6.45) is 8.13. The molecule has 2 rings (SSSR count). The van der Waals surface area contributed by atoms with Crippen molar-refractivity contribution in [1.82, 2.24) is 4.90 Å². The fourth-order valence-electron chi connectivity index (χ4n) is 2.79. The van der Waals surface area contributed by atoms with Crippen molar-refractivity contribution >= 4 is 35.1 Å². The van der Waals surface area contributed by atoms with Crippen molar-refractivity contribution in [1.29, 1.82) is 0 Å². The van der Waals surface area contributed by atoms with Crippen molar-refractivity contribution in [3.8, 4) is 0 Å². The average Bonchev–Trinajstić information content (AvgIpc) is 2.90. The third-order valence-corrected chi connectivity index (χ3v) is 4.61. The smallest absolute Gasteiger partial charge is 0.297 e. The normalized spacial score (nSPS) is 15.5. The maximum Gasteiger partial charge on any atom is 0.297 e. The van der Waals surface area contributed by atoms with Gasteiger partial charge >= 0.3 is 0 Å². The Morgan fingerprint density at radius 3 is 2.31 bits per heavy atom. The number of rotatable bonds is 10. The number of thiocarbonyl (C=S) groups is 1. The van der Waals surface area contributed by atoms with Crippen molar-refractivity contribution in [2.45, 2.75) is 39.5 Å². The Kier molecular flexibility index (Phi) is 7.85. The molecular weight excluding hydrogens is 344 g/mol. The second kappa shape index (κ2) is 10.1. The second-order valence-electron chi connectivity index (χ2n) is 6.37. The Balaban J connectivity index is 2.11. The van der Waals surface area contributed by atoms with Crippen molar-refractivity contribution in [2.75, 3.05) is 24.5 Å². The minimum atomic E-state index is -0.216. The number of carbonyl (C=O) groups is 1. The van der Waals surface area contributed by atoms with Gasteiger partial charge in [-0.3, -0.25) is 9.69 Å². The van der Waals surface area contributed by atoms with Gasteiger partial charge in [-0.2, -0.15) is 0 Å². The van der Waals surface area contributed by atoms with E-state index < -0.39 is 0 Å². The van der Waals surface area contributed by atoms with Gasteiger partial charge in [-0.1, -0.05) is 44.9 Å². The highest BCUT2D eigenvalue weighted by Gasteiger charge is 2.32. The molecule has 1 amide bonds. The number of amides is 1. The Morgan fingerprint density at radius 1 is 1.15 bits per heavy atom. The molecule has 1 saturated heterocycles. The van der Waals surface area contributed by atoms with Gasteiger partial charge < -0.3 is 9.64 Å². The van der Waals surface area contributed by atoms with Crippen molar-refractivity contribution in [2.24, 2.45) is 0 Å². The van der Waals surface area contributed by atoms with E-state index in [1.54, 1.807) is 12.2 Å². The lowest BCUT2D eigenvalue weighted by Gasteiger charge is -2.24. The molecular formula is C21H28N2O2S. The fourth-order valence-corrected chi connectivity index (χ4v) is 3.03. The van der Waals surface area contributed by atoms with Crippen LogP contribution in [0.3, 0.4) is 0 Å². The molecule has 140 valence electrons. The van der Waals surface area contributed by atoms with Crippen LogP contribution in [0.25, 0.3) is 6.08 Å². The topological polar surface area (TPSA) is 32.8 Å². The Labute approximate surface area is 162 Å². The molecule has 1 aliphatic rings. The van der Waals surface area contributed by atoms with E-state index in [0.29, 0.717) is 6.54 Å². The fraction of sp³-hybridized carbons (Fsp3) is 0.429. The Hall–Kier alpha value is -2.14. The van der Waals surface area contributed by atoms with Gasteiger partial charge in [0.25, 0.3) is 11.1 Å². The van der Waals surface area contributed by atoms with Gasteiger partial charge in [0.2, 0.25) is 0 Å². The van der Waals surface area contributed by atoms with Crippen LogP contribution >= 0.6 is 12.2 Å². The maximum absolute atomic E-state index is 12.3. The van der Waals surface area contributed by atoms with Crippen molar-refractivity contribution in [3.63, 3.8) is 0 Å². The molecule has 0 aromatic heterocycles. The summed E-state index contributed by atoms with van der Waals surface area (Å²) in [4.78, 5) is 16.1. The number of ether oxygens (including phenoxy) is 1. The zero-order chi connectivity index (χ0) is 18.9. The minimum Gasteiger partial charge on any atom is -0.426 e. The highest BCUT2D eigenvalue weighted by molar-refractivity contribution is 7.80. The third-order valence-electron chi connectivity index (χ3n) is 4.30. The molecule has 0 atom stereocenters. The predicted molar refractivity (Wildman–Crippen MR) is 112 cm³/mol. The van der Waals surface area contributed by atoms with Crippen LogP contribution in [0.2, 0.25) is 0 Å². The van der Waals surface area contributed by atoms with Crippen LogP contribution in [0.5, 0.6) is 0 Å². The molecule has 0 saturated carbocycles. The third kappa shape index (κ3) is 5.18. The molecule has 1 fully saturated rings. The van der Waals surface area contributed by atoms with Crippen LogP contribution in [0.4, 0.5) is 5.69 Å². The lowest BCUT2D eigenvalue weighted by atomic mass is 10.1. The van der Waals surface area contributed by atoms with Crippen LogP contribution in [0.1, 0.15) is 45.1 Å². The summed E-state index contributed by atoms with van der Waals surface area (Å²) in [5.41, 5.74) is 2.14. The summed E-state index contributed by atoms with van der Waals surface area (Å²) in [6, 6.07) is 8.25. The van der Waals surface area contributed by atoms with Crippen molar-refractivity contribution in [3.05, 3.63) is 48.2 Å². The first-order valence-electron chi connectivity index (χ1n) is 9.32. The molecule has 0 N–H and O–H groups in total. The molecule has 0 bridgehead atoms. The van der Waals surface area contributed by atoms with Gasteiger partial charge in [0.05, 0.1) is 0 Å². The molecule has 0 aliphatic carbocycles. The van der Waals surface area contributed by atoms with E-state index in [4.69, 9.17) is 17.0 Å². The van der Waals surface area contributed by atoms with Gasteiger partial charge in [0.15, 0.2) is 5.76 Å². The summed E-state index contributed by atoms with van der Waals surface area (Å²) < 4.78 is 5.44. The number of hydrogen-bond acceptors (Lipinski definition) is 4. The predicted octanol–water partition coefficient (Wildman–Crippen LogP) is 4.76. The van der Waals surface area contributed by atoms with E-state index in [9.17, 15) is 4.79 Å². The van der Waals surface area contributed by atoms with E-state index >= 15 is 0 Å². The van der Waals surface area contributed by atoms with E-state index in [-0.39, 0.29) is 16.8 Å². The lowest BCUT2D eigenvalue weighted by Crippen LogP contribution is -2.28. The summed E-state index contributed by atoms with van der Waals surface area (Å²) in [7, 11) is 0. The summed E-state index contributed by atoms with van der Waals surface area (Å²) >= 11 is 5.10.